The summed E-state index contributed by atoms with van der Waals surface area (Å²) in [5, 5.41) is 7.89. The average molecular weight is 609 g/mol. The van der Waals surface area contributed by atoms with Crippen LogP contribution >= 0.6 is 0 Å². The highest BCUT2D eigenvalue weighted by molar-refractivity contribution is 5.95. The van der Waals surface area contributed by atoms with E-state index in [1.54, 1.807) is 34.1 Å². The zero-order valence-electron chi connectivity index (χ0n) is 23.5. The maximum atomic E-state index is 15.1. The van der Waals surface area contributed by atoms with E-state index in [1.165, 1.54) is 12.1 Å². The van der Waals surface area contributed by atoms with E-state index in [0.29, 0.717) is 53.7 Å². The molecule has 2 aromatic carbocycles. The van der Waals surface area contributed by atoms with Crippen LogP contribution in [-0.4, -0.2) is 62.2 Å². The first-order valence-electron chi connectivity index (χ1n) is 14.6. The summed E-state index contributed by atoms with van der Waals surface area (Å²) in [5.74, 6) is -0.276. The normalized spacial score (nSPS) is 20.2. The lowest BCUT2D eigenvalue weighted by molar-refractivity contribution is -0.138. The Kier molecular flexibility index (Phi) is 6.97. The number of carbonyl (C=O) groups is 1. The summed E-state index contributed by atoms with van der Waals surface area (Å²) >= 11 is 0. The molecule has 13 heteroatoms. The molecule has 2 saturated heterocycles. The third-order valence-electron chi connectivity index (χ3n) is 8.79. The number of alkyl halides is 3. The van der Waals surface area contributed by atoms with Crippen molar-refractivity contribution in [1.82, 2.24) is 25.1 Å². The molecule has 228 valence electrons. The molecule has 0 radical (unpaired) electrons. The summed E-state index contributed by atoms with van der Waals surface area (Å²) < 4.78 is 60.0. The fourth-order valence-electron chi connectivity index (χ4n) is 6.30. The molecule has 3 aliphatic rings. The van der Waals surface area contributed by atoms with E-state index in [2.05, 4.69) is 20.2 Å². The molecule has 1 N–H and O–H groups in total. The van der Waals surface area contributed by atoms with Gasteiger partial charge >= 0.3 is 6.18 Å². The molecule has 0 spiro atoms. The van der Waals surface area contributed by atoms with Gasteiger partial charge in [0.25, 0.3) is 11.5 Å². The molecule has 2 aliphatic heterocycles. The highest BCUT2D eigenvalue weighted by atomic mass is 19.4. The standard InChI is InChI=1S/C31H28F4N6O3/c32-26-9-4-17(11-27-24-12-22(44-21-2-1-3-21)7-8-23(24)28(42)39-38-27)10-25(26)29(43)41-19-5-6-20(41)16-40(15-19)30-36-13-18(14-37-30)31(33,34)35/h4,7-10,12-14,19-21H,1-3,5-6,11,15-16H2,(H,39,42). The number of rotatable bonds is 6. The van der Waals surface area contributed by atoms with Gasteiger partial charge in [-0.3, -0.25) is 9.59 Å². The maximum Gasteiger partial charge on any atom is 0.419 e. The van der Waals surface area contributed by atoms with Gasteiger partial charge in [0, 0.05) is 37.3 Å². The number of hydrogen-bond donors (Lipinski definition) is 1. The van der Waals surface area contributed by atoms with Crippen LogP contribution in [0.4, 0.5) is 23.5 Å². The molecule has 44 heavy (non-hydrogen) atoms. The van der Waals surface area contributed by atoms with Gasteiger partial charge in [-0.1, -0.05) is 6.07 Å². The minimum atomic E-state index is -4.53. The molecule has 1 amide bonds. The first-order valence-corrected chi connectivity index (χ1v) is 14.6. The number of fused-ring (bicyclic) bond motifs is 3. The number of halogens is 4. The van der Waals surface area contributed by atoms with Gasteiger partial charge in [0.15, 0.2) is 0 Å². The second-order valence-electron chi connectivity index (χ2n) is 11.6. The van der Waals surface area contributed by atoms with Crippen LogP contribution in [-0.2, 0) is 12.6 Å². The van der Waals surface area contributed by atoms with Crippen molar-refractivity contribution < 1.29 is 27.1 Å². The molecule has 3 fully saturated rings. The maximum absolute atomic E-state index is 15.1. The van der Waals surface area contributed by atoms with E-state index >= 15 is 4.39 Å². The van der Waals surface area contributed by atoms with Crippen molar-refractivity contribution in [3.05, 3.63) is 87.3 Å². The Balaban J connectivity index is 1.11. The SMILES string of the molecule is O=C(c1cc(Cc2n[nH]c(=O)c3ccc(OC4CCC4)cc23)ccc1F)N1C2CCC1CN(c1ncc(C(F)(F)F)cn1)C2. The van der Waals surface area contributed by atoms with E-state index in [4.69, 9.17) is 4.74 Å². The highest BCUT2D eigenvalue weighted by Gasteiger charge is 2.44. The van der Waals surface area contributed by atoms with Crippen molar-refractivity contribution >= 4 is 22.6 Å². The van der Waals surface area contributed by atoms with Crippen molar-refractivity contribution in [2.24, 2.45) is 0 Å². The third-order valence-corrected chi connectivity index (χ3v) is 8.79. The van der Waals surface area contributed by atoms with Gasteiger partial charge in [-0.2, -0.15) is 18.3 Å². The van der Waals surface area contributed by atoms with Gasteiger partial charge < -0.3 is 14.5 Å². The minimum Gasteiger partial charge on any atom is -0.490 e. The smallest absolute Gasteiger partial charge is 0.419 e. The molecule has 7 rings (SSSR count). The highest BCUT2D eigenvalue weighted by Crippen LogP contribution is 2.35. The number of carbonyl (C=O) groups excluding carboxylic acids is 1. The number of aromatic amines is 1. The molecule has 4 aromatic rings. The van der Waals surface area contributed by atoms with Crippen LogP contribution in [0.1, 0.15) is 59.3 Å². The minimum absolute atomic E-state index is 0.0682. The summed E-state index contributed by atoms with van der Waals surface area (Å²) in [6.07, 6.45) is 1.84. The Hall–Kier alpha value is -4.55. The van der Waals surface area contributed by atoms with Crippen LogP contribution in [0.25, 0.3) is 10.8 Å². The molecule has 2 aromatic heterocycles. The number of benzene rings is 2. The number of amides is 1. The van der Waals surface area contributed by atoms with Crippen LogP contribution < -0.4 is 15.2 Å². The van der Waals surface area contributed by atoms with Gasteiger partial charge in [0.1, 0.15) is 11.6 Å². The van der Waals surface area contributed by atoms with Crippen molar-refractivity contribution in [2.75, 3.05) is 18.0 Å². The molecule has 1 aliphatic carbocycles. The van der Waals surface area contributed by atoms with Gasteiger partial charge in [-0.05, 0) is 68.0 Å². The predicted molar refractivity (Wildman–Crippen MR) is 152 cm³/mol. The number of nitrogens with one attached hydrogen (secondary N) is 1. The summed E-state index contributed by atoms with van der Waals surface area (Å²) in [4.78, 5) is 37.5. The van der Waals surface area contributed by atoms with E-state index in [-0.39, 0.29) is 41.7 Å². The van der Waals surface area contributed by atoms with E-state index < -0.39 is 23.5 Å². The predicted octanol–water partition coefficient (Wildman–Crippen LogP) is 4.89. The average Bonchev–Trinajstić information content (AvgIpc) is 3.25. The number of ether oxygens (including phenoxy) is 1. The van der Waals surface area contributed by atoms with E-state index in [9.17, 15) is 22.8 Å². The molecule has 2 unspecified atom stereocenters. The fourth-order valence-corrected chi connectivity index (χ4v) is 6.30. The lowest BCUT2D eigenvalue weighted by Gasteiger charge is -2.41. The van der Waals surface area contributed by atoms with Crippen LogP contribution in [0.2, 0.25) is 0 Å². The van der Waals surface area contributed by atoms with Gasteiger partial charge in [0.05, 0.1) is 40.4 Å². The summed E-state index contributed by atoms with van der Waals surface area (Å²) in [6.45, 7) is 0.654. The second kappa shape index (κ2) is 10.9. The Morgan fingerprint density at radius 1 is 0.977 bits per heavy atom. The Morgan fingerprint density at radius 2 is 1.70 bits per heavy atom. The van der Waals surface area contributed by atoms with Crippen LogP contribution in [0, 0.1) is 5.82 Å². The number of aromatic nitrogens is 4. The van der Waals surface area contributed by atoms with Crippen molar-refractivity contribution in [1.29, 1.82) is 0 Å². The topological polar surface area (TPSA) is 104 Å². The number of nitrogens with zero attached hydrogens (tertiary/aromatic N) is 5. The van der Waals surface area contributed by atoms with E-state index in [1.807, 2.05) is 0 Å². The largest absolute Gasteiger partial charge is 0.490 e. The molecular weight excluding hydrogens is 580 g/mol. The van der Waals surface area contributed by atoms with Crippen LogP contribution in [0.3, 0.4) is 0 Å². The zero-order valence-corrected chi connectivity index (χ0v) is 23.5. The summed E-state index contributed by atoms with van der Waals surface area (Å²) in [6, 6.07) is 9.12. The molecule has 9 nitrogen and oxygen atoms in total. The monoisotopic (exact) mass is 608 g/mol. The quantitative estimate of drug-likeness (QED) is 0.311. The Bertz CT molecular complexity index is 1780. The molecule has 2 atom stereocenters. The molecule has 1 saturated carbocycles. The Labute approximate surface area is 248 Å². The number of piperazine rings is 1. The van der Waals surface area contributed by atoms with E-state index in [0.717, 1.165) is 31.7 Å². The molecular formula is C31H28F4N6O3. The van der Waals surface area contributed by atoms with Crippen molar-refractivity contribution in [2.45, 2.75) is 62.9 Å². The van der Waals surface area contributed by atoms with Gasteiger partial charge in [-0.15, -0.1) is 0 Å². The van der Waals surface area contributed by atoms with Crippen molar-refractivity contribution in [3.8, 4) is 5.75 Å². The fraction of sp³-hybridized carbons (Fsp3) is 0.387. The lowest BCUT2D eigenvalue weighted by atomic mass is 9.96. The number of H-pyrrole nitrogens is 1. The first-order chi connectivity index (χ1) is 21.1. The Morgan fingerprint density at radius 3 is 2.36 bits per heavy atom. The van der Waals surface area contributed by atoms with Crippen molar-refractivity contribution in [3.63, 3.8) is 0 Å². The van der Waals surface area contributed by atoms with Gasteiger partial charge in [-0.25, -0.2) is 19.5 Å². The lowest BCUT2D eigenvalue weighted by Crippen LogP contribution is -2.56. The second-order valence-corrected chi connectivity index (χ2v) is 11.6. The number of hydrogen-bond acceptors (Lipinski definition) is 7. The zero-order chi connectivity index (χ0) is 30.6. The third kappa shape index (κ3) is 5.24. The first kappa shape index (κ1) is 28.2. The summed E-state index contributed by atoms with van der Waals surface area (Å²) in [5.41, 5.74) is -0.119. The number of anilines is 1. The van der Waals surface area contributed by atoms with Crippen LogP contribution in [0.15, 0.2) is 53.6 Å². The molecule has 2 bridgehead atoms. The van der Waals surface area contributed by atoms with Gasteiger partial charge in [0.2, 0.25) is 5.95 Å². The summed E-state index contributed by atoms with van der Waals surface area (Å²) in [7, 11) is 0. The molecule has 4 heterocycles. The van der Waals surface area contributed by atoms with Crippen LogP contribution in [0.5, 0.6) is 5.75 Å².